The molecule has 0 saturated heterocycles. The van der Waals surface area contributed by atoms with Gasteiger partial charge in [-0.25, -0.2) is 9.97 Å². The van der Waals surface area contributed by atoms with E-state index in [9.17, 15) is 0 Å². The predicted molar refractivity (Wildman–Crippen MR) is 74.6 cm³/mol. The van der Waals surface area contributed by atoms with Crippen molar-refractivity contribution < 1.29 is 0 Å². The van der Waals surface area contributed by atoms with Gasteiger partial charge in [0.05, 0.1) is 0 Å². The third kappa shape index (κ3) is 3.95. The molecule has 0 unspecified atom stereocenters. The minimum Gasteiger partial charge on any atom is -0.359 e. The highest BCUT2D eigenvalue weighted by Gasteiger charge is 2.22. The smallest absolute Gasteiger partial charge is 0.136 e. The van der Waals surface area contributed by atoms with Crippen LogP contribution in [0, 0.1) is 5.41 Å². The summed E-state index contributed by atoms with van der Waals surface area (Å²) in [7, 11) is 2.11. The maximum absolute atomic E-state index is 4.44. The van der Waals surface area contributed by atoms with E-state index in [0.717, 1.165) is 18.9 Å². The Labute approximate surface area is 110 Å². The van der Waals surface area contributed by atoms with Crippen LogP contribution in [0.25, 0.3) is 0 Å². The van der Waals surface area contributed by atoms with Crippen molar-refractivity contribution in [2.45, 2.75) is 46.2 Å². The molecular weight excluding hydrogens is 224 g/mol. The Morgan fingerprint density at radius 1 is 1.39 bits per heavy atom. The van der Waals surface area contributed by atoms with Crippen LogP contribution >= 0.6 is 0 Å². The van der Waals surface area contributed by atoms with E-state index in [1.807, 2.05) is 6.20 Å². The monoisotopic (exact) mass is 248 g/mol. The molecule has 1 heterocycles. The molecule has 0 atom stereocenters. The highest BCUT2D eigenvalue weighted by molar-refractivity contribution is 5.44. The first-order chi connectivity index (χ1) is 8.46. The predicted octanol–water partition coefficient (Wildman–Crippen LogP) is 2.21. The lowest BCUT2D eigenvalue weighted by molar-refractivity contribution is 0.417. The molecule has 1 saturated carbocycles. The lowest BCUT2D eigenvalue weighted by atomic mass is 9.96. The van der Waals surface area contributed by atoms with Gasteiger partial charge in [0, 0.05) is 37.9 Å². The molecule has 0 aliphatic heterocycles. The molecule has 1 aliphatic rings. The number of aromatic nitrogens is 2. The van der Waals surface area contributed by atoms with E-state index in [2.05, 4.69) is 48.0 Å². The minimum atomic E-state index is 0.265. The van der Waals surface area contributed by atoms with Crippen LogP contribution in [-0.2, 0) is 6.54 Å². The average Bonchev–Trinajstić information content (AvgIpc) is 3.08. The summed E-state index contributed by atoms with van der Waals surface area (Å²) in [5.41, 5.74) is 1.46. The SMILES string of the molecule is CN(CC(C)(C)C)c1ncncc1CNC1CC1. The Kier molecular flexibility index (Phi) is 3.85. The van der Waals surface area contributed by atoms with Gasteiger partial charge in [0.2, 0.25) is 0 Å². The molecule has 4 heteroatoms. The maximum atomic E-state index is 4.44. The number of anilines is 1. The molecule has 0 radical (unpaired) electrons. The quantitative estimate of drug-likeness (QED) is 0.867. The van der Waals surface area contributed by atoms with Gasteiger partial charge in [0.25, 0.3) is 0 Å². The van der Waals surface area contributed by atoms with E-state index >= 15 is 0 Å². The summed E-state index contributed by atoms with van der Waals surface area (Å²) < 4.78 is 0. The molecular formula is C14H24N4. The Morgan fingerprint density at radius 2 is 2.11 bits per heavy atom. The van der Waals surface area contributed by atoms with Crippen molar-refractivity contribution >= 4 is 5.82 Å². The summed E-state index contributed by atoms with van der Waals surface area (Å²) in [6, 6.07) is 0.714. The van der Waals surface area contributed by atoms with E-state index < -0.39 is 0 Å². The van der Waals surface area contributed by atoms with Crippen molar-refractivity contribution in [2.75, 3.05) is 18.5 Å². The van der Waals surface area contributed by atoms with Crippen molar-refractivity contribution in [1.82, 2.24) is 15.3 Å². The van der Waals surface area contributed by atoms with Crippen molar-refractivity contribution in [3.8, 4) is 0 Å². The van der Waals surface area contributed by atoms with Gasteiger partial charge in [-0.2, -0.15) is 0 Å². The zero-order valence-electron chi connectivity index (χ0n) is 11.9. The average molecular weight is 248 g/mol. The Bertz CT molecular complexity index is 393. The Morgan fingerprint density at radius 3 is 2.72 bits per heavy atom. The van der Waals surface area contributed by atoms with E-state index in [0.29, 0.717) is 6.04 Å². The zero-order chi connectivity index (χ0) is 13.2. The van der Waals surface area contributed by atoms with Gasteiger partial charge >= 0.3 is 0 Å². The first-order valence-corrected chi connectivity index (χ1v) is 6.69. The molecule has 1 fully saturated rings. The molecule has 0 spiro atoms. The van der Waals surface area contributed by atoms with E-state index in [1.54, 1.807) is 6.33 Å². The summed E-state index contributed by atoms with van der Waals surface area (Å²) in [6.07, 6.45) is 6.17. The first kappa shape index (κ1) is 13.3. The lowest BCUT2D eigenvalue weighted by Gasteiger charge is -2.28. The van der Waals surface area contributed by atoms with Gasteiger partial charge < -0.3 is 10.2 Å². The van der Waals surface area contributed by atoms with E-state index in [-0.39, 0.29) is 5.41 Å². The van der Waals surface area contributed by atoms with Gasteiger partial charge in [0.15, 0.2) is 0 Å². The lowest BCUT2D eigenvalue weighted by Crippen LogP contribution is -2.31. The fraction of sp³-hybridized carbons (Fsp3) is 0.714. The van der Waals surface area contributed by atoms with Crippen LogP contribution in [0.4, 0.5) is 5.82 Å². The second-order valence-corrected chi connectivity index (χ2v) is 6.44. The standard InChI is InChI=1S/C14H24N4/c1-14(2,3)9-18(4)13-11(7-15-10-17-13)8-16-12-5-6-12/h7,10,12,16H,5-6,8-9H2,1-4H3. The van der Waals surface area contributed by atoms with Crippen molar-refractivity contribution in [3.63, 3.8) is 0 Å². The van der Waals surface area contributed by atoms with Crippen LogP contribution in [0.2, 0.25) is 0 Å². The van der Waals surface area contributed by atoms with Crippen LogP contribution in [0.1, 0.15) is 39.2 Å². The highest BCUT2D eigenvalue weighted by atomic mass is 15.2. The van der Waals surface area contributed by atoms with Gasteiger partial charge in [-0.15, -0.1) is 0 Å². The molecule has 1 N–H and O–H groups in total. The maximum Gasteiger partial charge on any atom is 0.136 e. The summed E-state index contributed by atoms with van der Waals surface area (Å²) in [5, 5.41) is 3.52. The van der Waals surface area contributed by atoms with Crippen LogP contribution in [-0.4, -0.2) is 29.6 Å². The highest BCUT2D eigenvalue weighted by Crippen LogP contribution is 2.23. The topological polar surface area (TPSA) is 41.1 Å². The Balaban J connectivity index is 2.05. The molecule has 18 heavy (non-hydrogen) atoms. The Hall–Kier alpha value is -1.16. The molecule has 0 aromatic carbocycles. The molecule has 0 amide bonds. The fourth-order valence-electron chi connectivity index (χ4n) is 2.15. The van der Waals surface area contributed by atoms with Crippen LogP contribution in [0.5, 0.6) is 0 Å². The largest absolute Gasteiger partial charge is 0.359 e. The van der Waals surface area contributed by atoms with Gasteiger partial charge in [-0.05, 0) is 18.3 Å². The van der Waals surface area contributed by atoms with Gasteiger partial charge in [-0.3, -0.25) is 0 Å². The summed E-state index contributed by atoms with van der Waals surface area (Å²) >= 11 is 0. The van der Waals surface area contributed by atoms with Crippen LogP contribution in [0.15, 0.2) is 12.5 Å². The number of nitrogens with zero attached hydrogens (tertiary/aromatic N) is 3. The number of nitrogens with one attached hydrogen (secondary N) is 1. The molecule has 2 rings (SSSR count). The number of hydrogen-bond donors (Lipinski definition) is 1. The van der Waals surface area contributed by atoms with Gasteiger partial charge in [-0.1, -0.05) is 20.8 Å². The summed E-state index contributed by atoms with van der Waals surface area (Å²) in [4.78, 5) is 10.8. The van der Waals surface area contributed by atoms with Crippen molar-refractivity contribution in [2.24, 2.45) is 5.41 Å². The normalized spacial score (nSPS) is 15.8. The van der Waals surface area contributed by atoms with Gasteiger partial charge in [0.1, 0.15) is 12.1 Å². The first-order valence-electron chi connectivity index (χ1n) is 6.69. The van der Waals surface area contributed by atoms with Crippen molar-refractivity contribution in [1.29, 1.82) is 0 Å². The fourth-order valence-corrected chi connectivity index (χ4v) is 2.15. The second-order valence-electron chi connectivity index (χ2n) is 6.44. The molecule has 1 aromatic rings. The minimum absolute atomic E-state index is 0.265. The van der Waals surface area contributed by atoms with Crippen molar-refractivity contribution in [3.05, 3.63) is 18.1 Å². The molecule has 1 aromatic heterocycles. The molecule has 4 nitrogen and oxygen atoms in total. The van der Waals surface area contributed by atoms with Crippen LogP contribution in [0.3, 0.4) is 0 Å². The van der Waals surface area contributed by atoms with Crippen LogP contribution < -0.4 is 10.2 Å². The molecule has 100 valence electrons. The number of hydrogen-bond acceptors (Lipinski definition) is 4. The molecule has 1 aliphatic carbocycles. The summed E-state index contributed by atoms with van der Waals surface area (Å²) in [5.74, 6) is 1.05. The molecule has 0 bridgehead atoms. The summed E-state index contributed by atoms with van der Waals surface area (Å²) in [6.45, 7) is 8.59. The zero-order valence-corrected chi connectivity index (χ0v) is 11.9. The number of rotatable bonds is 5. The second kappa shape index (κ2) is 5.22. The van der Waals surface area contributed by atoms with E-state index in [4.69, 9.17) is 0 Å². The third-order valence-electron chi connectivity index (χ3n) is 3.00. The third-order valence-corrected chi connectivity index (χ3v) is 3.00. The van der Waals surface area contributed by atoms with E-state index in [1.165, 1.54) is 18.4 Å².